The standard InChI is InChI=1S/C24H22O2.5CO.W/c1-26-17-21-22(18-11-5-2-6-12-18)24(21,20-15-9-4-10-16-20)23(25)19-13-7-3-8-14-19;5*1-2;/h2-16,21-23,25H,1H3;;;;;;/t21-,22-,23?,24+;;;;;;/m1....../s1. The molecule has 0 aliphatic heterocycles. The number of rotatable bonds is 6. The number of methoxy groups -OCH3 is 1. The van der Waals surface area contributed by atoms with Gasteiger partial charge in [-0.1, -0.05) is 0 Å². The third-order valence-corrected chi connectivity index (χ3v) is 7.22. The first-order valence-corrected chi connectivity index (χ1v) is 11.6. The van der Waals surface area contributed by atoms with E-state index >= 15 is 0 Å². The number of aliphatic hydroxyl groups excluding tert-OH is 1. The summed E-state index contributed by atoms with van der Waals surface area (Å²) in [5, 5.41) is 11.7. The third kappa shape index (κ3) is 8.44. The SMILES string of the molecule is CO[C](=[W])[C@@H]1[C@@H](c2ccccc2)[C@@]1(c1ccccc1)C(O)c1ccccc1.[C-]#[O+].[C-]#[O+].[C-]#[O+].[C-]#[O+].[C-]#[O+]. The molecule has 0 spiro atoms. The van der Waals surface area contributed by atoms with Crippen molar-refractivity contribution in [2.75, 3.05) is 7.11 Å². The van der Waals surface area contributed by atoms with E-state index in [9.17, 15) is 5.11 Å². The molecule has 1 N–H and O–H groups in total. The molecule has 0 aromatic heterocycles. The molecule has 1 saturated carbocycles. The molecule has 0 saturated heterocycles. The molecule has 0 heterocycles. The molecule has 37 heavy (non-hydrogen) atoms. The van der Waals surface area contributed by atoms with Gasteiger partial charge in [-0.05, 0) is 0 Å². The Labute approximate surface area is 227 Å². The molecular weight excluding hydrogens is 644 g/mol. The number of ether oxygens (including phenoxy) is 1. The van der Waals surface area contributed by atoms with E-state index in [1.165, 1.54) is 24.9 Å². The van der Waals surface area contributed by atoms with E-state index in [-0.39, 0.29) is 11.8 Å². The van der Waals surface area contributed by atoms with Crippen molar-refractivity contribution < 1.29 is 52.5 Å². The van der Waals surface area contributed by atoms with E-state index in [4.69, 9.17) is 28.0 Å². The summed E-state index contributed by atoms with van der Waals surface area (Å²) in [6.07, 6.45) is -0.610. The first kappa shape index (κ1) is 36.0. The Kier molecular flexibility index (Phi) is 20.4. The van der Waals surface area contributed by atoms with Crippen LogP contribution >= 0.6 is 0 Å². The van der Waals surface area contributed by atoms with Gasteiger partial charge in [0.25, 0.3) is 0 Å². The zero-order valence-corrected chi connectivity index (χ0v) is 22.6. The van der Waals surface area contributed by atoms with Crippen molar-refractivity contribution in [3.05, 3.63) is 141 Å². The van der Waals surface area contributed by atoms with Crippen LogP contribution in [0.5, 0.6) is 0 Å². The van der Waals surface area contributed by atoms with Gasteiger partial charge in [-0.25, -0.2) is 0 Å². The number of hydrogen-bond donors (Lipinski definition) is 1. The number of benzene rings is 3. The van der Waals surface area contributed by atoms with Gasteiger partial charge in [-0.15, -0.1) is 0 Å². The van der Waals surface area contributed by atoms with Gasteiger partial charge in [0.05, 0.1) is 0 Å². The summed E-state index contributed by atoms with van der Waals surface area (Å²) < 4.78 is 44.3. The van der Waals surface area contributed by atoms with Crippen LogP contribution in [0.2, 0.25) is 0 Å². The van der Waals surface area contributed by atoms with E-state index in [0.29, 0.717) is 0 Å². The van der Waals surface area contributed by atoms with Gasteiger partial charge < -0.3 is 0 Å². The average Bonchev–Trinajstić information content (AvgIpc) is 3.74. The monoisotopic (exact) mass is 666 g/mol. The molecule has 1 unspecified atom stereocenters. The van der Waals surface area contributed by atoms with Crippen molar-refractivity contribution >= 4 is 4.08 Å². The van der Waals surface area contributed by atoms with Crippen molar-refractivity contribution in [1.29, 1.82) is 0 Å². The van der Waals surface area contributed by atoms with Crippen LogP contribution in [0.1, 0.15) is 28.7 Å². The van der Waals surface area contributed by atoms with Gasteiger partial charge in [0.15, 0.2) is 0 Å². The molecule has 0 bridgehead atoms. The molecule has 7 nitrogen and oxygen atoms in total. The zero-order valence-electron chi connectivity index (χ0n) is 19.7. The Morgan fingerprint density at radius 1 is 0.730 bits per heavy atom. The number of hydrogen-bond acceptors (Lipinski definition) is 2. The molecule has 4 rings (SSSR count). The molecule has 0 amide bonds. The molecular formula is C29H22O7W. The fourth-order valence-corrected chi connectivity index (χ4v) is 5.68. The van der Waals surface area contributed by atoms with Crippen LogP contribution in [0.3, 0.4) is 0 Å². The van der Waals surface area contributed by atoms with Crippen LogP contribution in [-0.4, -0.2) is 16.3 Å². The van der Waals surface area contributed by atoms with Crippen molar-refractivity contribution in [3.8, 4) is 0 Å². The van der Waals surface area contributed by atoms with Crippen LogP contribution in [0.4, 0.5) is 0 Å². The van der Waals surface area contributed by atoms with Crippen LogP contribution in [-0.2, 0) is 52.8 Å². The summed E-state index contributed by atoms with van der Waals surface area (Å²) in [4.78, 5) is 0. The average molecular weight is 666 g/mol. The quantitative estimate of drug-likeness (QED) is 0.313. The van der Waals surface area contributed by atoms with Crippen LogP contribution in [0, 0.1) is 39.2 Å². The molecule has 4 atom stereocenters. The van der Waals surface area contributed by atoms with Crippen LogP contribution in [0.15, 0.2) is 91.0 Å². The Hall–Kier alpha value is -3.16. The molecule has 3 aromatic rings. The summed E-state index contributed by atoms with van der Waals surface area (Å²) in [7, 11) is 1.74. The maximum absolute atomic E-state index is 11.7. The molecule has 1 aliphatic rings. The molecule has 8 heteroatoms. The van der Waals surface area contributed by atoms with Gasteiger partial charge in [0.1, 0.15) is 0 Å². The summed E-state index contributed by atoms with van der Waals surface area (Å²) >= 11 is 1.32. The molecule has 1 fully saturated rings. The second-order valence-corrected chi connectivity index (χ2v) is 8.45. The van der Waals surface area contributed by atoms with Crippen LogP contribution in [0.25, 0.3) is 0 Å². The Bertz CT molecular complexity index is 1100. The summed E-state index contributed by atoms with van der Waals surface area (Å²) in [6.45, 7) is 22.5. The summed E-state index contributed by atoms with van der Waals surface area (Å²) in [5.41, 5.74) is 2.94. The Balaban J connectivity index is 0. The topological polar surface area (TPSA) is 129 Å². The van der Waals surface area contributed by atoms with Crippen molar-refractivity contribution in [2.24, 2.45) is 5.92 Å². The second-order valence-electron chi connectivity index (χ2n) is 7.00. The first-order valence-electron chi connectivity index (χ1n) is 10.1. The van der Waals surface area contributed by atoms with Gasteiger partial charge in [0.2, 0.25) is 0 Å². The molecule has 1 aliphatic carbocycles. The zero-order chi connectivity index (χ0) is 28.9. The molecule has 0 radical (unpaired) electrons. The predicted molar refractivity (Wildman–Crippen MR) is 124 cm³/mol. The maximum atomic E-state index is 11.7. The van der Waals surface area contributed by atoms with Gasteiger partial charge in [0, 0.05) is 0 Å². The van der Waals surface area contributed by atoms with E-state index < -0.39 is 11.5 Å². The van der Waals surface area contributed by atoms with E-state index in [1.807, 2.05) is 42.5 Å². The third-order valence-electron chi connectivity index (χ3n) is 5.71. The van der Waals surface area contributed by atoms with E-state index in [2.05, 4.69) is 81.8 Å². The van der Waals surface area contributed by atoms with Gasteiger partial charge in [-0.3, -0.25) is 0 Å². The second kappa shape index (κ2) is 21.0. The fourth-order valence-electron chi connectivity index (χ4n) is 4.49. The Morgan fingerprint density at radius 2 is 1.11 bits per heavy atom. The summed E-state index contributed by atoms with van der Waals surface area (Å²) in [5.74, 6) is 0.335. The van der Waals surface area contributed by atoms with Crippen molar-refractivity contribution in [2.45, 2.75) is 17.4 Å². The van der Waals surface area contributed by atoms with Gasteiger partial charge >= 0.3 is 228 Å². The Morgan fingerprint density at radius 3 is 1.51 bits per heavy atom. The van der Waals surface area contributed by atoms with Gasteiger partial charge in [-0.2, -0.15) is 0 Å². The van der Waals surface area contributed by atoms with E-state index in [0.717, 1.165) is 15.2 Å². The first-order chi connectivity index (χ1) is 18.2. The van der Waals surface area contributed by atoms with E-state index in [1.54, 1.807) is 7.11 Å². The predicted octanol–water partition coefficient (Wildman–Crippen LogP) is 4.21. The fraction of sp³-hybridized carbons (Fsp3) is 0.172. The minimum atomic E-state index is -0.610. The summed E-state index contributed by atoms with van der Waals surface area (Å²) in [6, 6.07) is 30.9. The minimum absolute atomic E-state index is 0.150. The molecule has 3 aromatic carbocycles. The normalized spacial score (nSPS) is 18.5. The van der Waals surface area contributed by atoms with Crippen molar-refractivity contribution in [1.82, 2.24) is 0 Å². The van der Waals surface area contributed by atoms with Crippen molar-refractivity contribution in [3.63, 3.8) is 0 Å². The molecule has 186 valence electrons. The van der Waals surface area contributed by atoms with Crippen LogP contribution < -0.4 is 0 Å². The number of aliphatic hydroxyl groups is 1.